The summed E-state index contributed by atoms with van der Waals surface area (Å²) in [5, 5.41) is 20.8. The van der Waals surface area contributed by atoms with E-state index in [1.807, 2.05) is 25.1 Å². The zero-order valence-corrected chi connectivity index (χ0v) is 23.6. The zero-order chi connectivity index (χ0) is 28.2. The molecule has 1 aromatic carbocycles. The lowest BCUT2D eigenvalue weighted by Crippen LogP contribution is -2.49. The number of aliphatic hydroxyl groups excluding tert-OH is 1. The number of rotatable bonds is 10. The Morgan fingerprint density at radius 3 is 2.80 bits per heavy atom. The molecule has 0 bridgehead atoms. The van der Waals surface area contributed by atoms with Crippen LogP contribution in [0.4, 0.5) is 11.6 Å². The van der Waals surface area contributed by atoms with Gasteiger partial charge in [-0.2, -0.15) is 0 Å². The number of benzene rings is 1. The third kappa shape index (κ3) is 6.46. The molecule has 1 aliphatic carbocycles. The molecular formula is C30H39N7O4. The predicted molar refractivity (Wildman–Crippen MR) is 154 cm³/mol. The largest absolute Gasteiger partial charge is 0.486 e. The number of nitrogens with one attached hydrogen (secondary N) is 3. The van der Waals surface area contributed by atoms with E-state index >= 15 is 0 Å². The highest BCUT2D eigenvalue weighted by molar-refractivity contribution is 5.97. The fraction of sp³-hybridized carbons (Fsp3) is 0.533. The number of aryl methyl sites for hydroxylation is 1. The average molecular weight is 562 g/mol. The first-order valence-corrected chi connectivity index (χ1v) is 14.7. The van der Waals surface area contributed by atoms with Crippen LogP contribution >= 0.6 is 0 Å². The summed E-state index contributed by atoms with van der Waals surface area (Å²) in [7, 11) is 0. The van der Waals surface area contributed by atoms with Gasteiger partial charge in [0.05, 0.1) is 23.7 Å². The number of oxazole rings is 1. The van der Waals surface area contributed by atoms with Crippen LogP contribution in [-0.2, 0) is 19.6 Å². The maximum Gasteiger partial charge on any atom is 0.272 e. The van der Waals surface area contributed by atoms with E-state index in [1.54, 1.807) is 6.20 Å². The first-order chi connectivity index (χ1) is 20.0. The number of hydrogen-bond acceptors (Lipinski definition) is 10. The molecule has 2 fully saturated rings. The quantitative estimate of drug-likeness (QED) is 0.292. The summed E-state index contributed by atoms with van der Waals surface area (Å²) in [6.07, 6.45) is 9.82. The van der Waals surface area contributed by atoms with E-state index in [0.29, 0.717) is 48.7 Å². The Morgan fingerprint density at radius 1 is 1.20 bits per heavy atom. The lowest BCUT2D eigenvalue weighted by atomic mass is 9.92. The monoisotopic (exact) mass is 561 g/mol. The number of nitrogens with zero attached hydrogens (tertiary/aromatic N) is 4. The third-order valence-electron chi connectivity index (χ3n) is 8.42. The van der Waals surface area contributed by atoms with E-state index in [-0.39, 0.29) is 18.5 Å². The highest BCUT2D eigenvalue weighted by Crippen LogP contribution is 2.27. The number of aliphatic hydroxyl groups is 1. The Kier molecular flexibility index (Phi) is 8.33. The van der Waals surface area contributed by atoms with Crippen LogP contribution in [0.3, 0.4) is 0 Å². The lowest BCUT2D eigenvalue weighted by Gasteiger charge is -2.31. The van der Waals surface area contributed by atoms with Gasteiger partial charge in [-0.05, 0) is 75.1 Å². The number of amides is 1. The minimum atomic E-state index is -0.760. The van der Waals surface area contributed by atoms with Crippen molar-refractivity contribution in [2.75, 3.05) is 29.9 Å². The third-order valence-corrected chi connectivity index (χ3v) is 8.42. The molecular weight excluding hydrogens is 522 g/mol. The highest BCUT2D eigenvalue weighted by Gasteiger charge is 2.27. The molecule has 41 heavy (non-hydrogen) atoms. The van der Waals surface area contributed by atoms with Crippen molar-refractivity contribution in [2.24, 2.45) is 0 Å². The minimum Gasteiger partial charge on any atom is -0.486 e. The fourth-order valence-electron chi connectivity index (χ4n) is 5.58. The smallest absolute Gasteiger partial charge is 0.272 e. The number of carbonyl (C=O) groups is 1. The van der Waals surface area contributed by atoms with Crippen molar-refractivity contribution in [1.82, 2.24) is 25.6 Å². The van der Waals surface area contributed by atoms with E-state index in [2.05, 4.69) is 30.8 Å². The molecule has 2 aromatic heterocycles. The van der Waals surface area contributed by atoms with Gasteiger partial charge >= 0.3 is 0 Å². The predicted octanol–water partition coefficient (Wildman–Crippen LogP) is 3.11. The Hall–Kier alpha value is -3.70. The summed E-state index contributed by atoms with van der Waals surface area (Å²) in [4.78, 5) is 28.9. The molecule has 1 saturated heterocycles. The maximum absolute atomic E-state index is 13.4. The Labute approximate surface area is 240 Å². The van der Waals surface area contributed by atoms with Crippen molar-refractivity contribution < 1.29 is 19.1 Å². The van der Waals surface area contributed by atoms with E-state index < -0.39 is 6.10 Å². The average Bonchev–Trinajstić information content (AvgIpc) is 3.40. The molecule has 11 heteroatoms. The van der Waals surface area contributed by atoms with Crippen molar-refractivity contribution in [3.05, 3.63) is 59.1 Å². The van der Waals surface area contributed by atoms with Gasteiger partial charge < -0.3 is 35.1 Å². The molecule has 4 N–H and O–H groups in total. The van der Waals surface area contributed by atoms with Gasteiger partial charge in [-0.3, -0.25) is 4.79 Å². The van der Waals surface area contributed by atoms with Crippen molar-refractivity contribution in [3.8, 4) is 5.75 Å². The fourth-order valence-corrected chi connectivity index (χ4v) is 5.58. The molecule has 0 spiro atoms. The topological polar surface area (TPSA) is 138 Å². The van der Waals surface area contributed by atoms with Crippen molar-refractivity contribution in [1.29, 1.82) is 0 Å². The van der Waals surface area contributed by atoms with E-state index in [0.717, 1.165) is 61.3 Å². The van der Waals surface area contributed by atoms with Crippen LogP contribution in [0.1, 0.15) is 71.6 Å². The summed E-state index contributed by atoms with van der Waals surface area (Å²) in [6.45, 7) is 4.73. The van der Waals surface area contributed by atoms with Crippen molar-refractivity contribution >= 4 is 17.5 Å². The molecule has 2 aliphatic heterocycles. The molecule has 0 unspecified atom stereocenters. The van der Waals surface area contributed by atoms with Crippen LogP contribution < -0.4 is 25.6 Å². The molecule has 11 nitrogen and oxygen atoms in total. The minimum absolute atomic E-state index is 0.121. The highest BCUT2D eigenvalue weighted by atomic mass is 16.5. The summed E-state index contributed by atoms with van der Waals surface area (Å²) in [5.41, 5.74) is 4.10. The van der Waals surface area contributed by atoms with Gasteiger partial charge in [-0.25, -0.2) is 15.0 Å². The maximum atomic E-state index is 13.4. The normalized spacial score (nSPS) is 19.7. The van der Waals surface area contributed by atoms with Crippen molar-refractivity contribution in [3.63, 3.8) is 0 Å². The summed E-state index contributed by atoms with van der Waals surface area (Å²) in [5.74, 6) is 1.76. The molecule has 3 aliphatic rings. The van der Waals surface area contributed by atoms with Crippen LogP contribution in [0.15, 0.2) is 35.2 Å². The van der Waals surface area contributed by atoms with Gasteiger partial charge in [0.1, 0.15) is 12.4 Å². The van der Waals surface area contributed by atoms with E-state index in [9.17, 15) is 9.90 Å². The SMILES string of the molecule is Cc1ncoc1COc1ccc2c(c1)CN[C@H]([C@H](O)CNC(=O)c1nc(N3CCCCC3)ncc1NC1CCC1)C2. The number of fused-ring (bicyclic) bond motifs is 1. The van der Waals surface area contributed by atoms with Gasteiger partial charge in [0.25, 0.3) is 5.91 Å². The molecule has 218 valence electrons. The van der Waals surface area contributed by atoms with Gasteiger partial charge in [0, 0.05) is 38.3 Å². The number of aromatic nitrogens is 3. The second-order valence-corrected chi connectivity index (χ2v) is 11.3. The number of carbonyl (C=O) groups excluding carboxylic acids is 1. The second kappa shape index (κ2) is 12.4. The Balaban J connectivity index is 1.06. The summed E-state index contributed by atoms with van der Waals surface area (Å²) in [6, 6.07) is 6.16. The van der Waals surface area contributed by atoms with Gasteiger partial charge in [0.2, 0.25) is 5.95 Å². The van der Waals surface area contributed by atoms with Crippen LogP contribution in [0.2, 0.25) is 0 Å². The van der Waals surface area contributed by atoms with Crippen LogP contribution in [0, 0.1) is 6.92 Å². The molecule has 2 atom stereocenters. The summed E-state index contributed by atoms with van der Waals surface area (Å²) < 4.78 is 11.2. The molecule has 3 aromatic rings. The lowest BCUT2D eigenvalue weighted by molar-refractivity contribution is 0.0866. The van der Waals surface area contributed by atoms with Crippen LogP contribution in [0.25, 0.3) is 0 Å². The number of ether oxygens (including phenoxy) is 1. The van der Waals surface area contributed by atoms with Gasteiger partial charge in [-0.15, -0.1) is 0 Å². The van der Waals surface area contributed by atoms with Gasteiger partial charge in [-0.1, -0.05) is 6.07 Å². The molecule has 1 saturated carbocycles. The standard InChI is InChI=1S/C30H39N7O4/c1-19-27(41-18-34-19)17-40-23-9-8-20-13-24(31-14-21(20)12-23)26(38)16-32-29(39)28-25(35-22-6-5-7-22)15-33-30(36-28)37-10-3-2-4-11-37/h8-9,12,15,18,22,24,26,31,35,38H,2-7,10-11,13-14,16-17H2,1H3,(H,32,39)/t24-,26+/m0/s1. The number of anilines is 2. The Morgan fingerprint density at radius 2 is 2.05 bits per heavy atom. The Bertz CT molecular complexity index is 1350. The van der Waals surface area contributed by atoms with Gasteiger partial charge in [0.15, 0.2) is 17.8 Å². The van der Waals surface area contributed by atoms with Crippen LogP contribution in [-0.4, -0.2) is 63.8 Å². The van der Waals surface area contributed by atoms with E-state index in [1.165, 1.54) is 19.2 Å². The molecule has 0 radical (unpaired) electrons. The first kappa shape index (κ1) is 27.5. The van der Waals surface area contributed by atoms with Crippen molar-refractivity contribution in [2.45, 2.75) is 83.2 Å². The molecule has 6 rings (SSSR count). The number of piperidine rings is 1. The second-order valence-electron chi connectivity index (χ2n) is 11.3. The summed E-state index contributed by atoms with van der Waals surface area (Å²) >= 11 is 0. The zero-order valence-electron chi connectivity index (χ0n) is 23.6. The molecule has 4 heterocycles. The van der Waals surface area contributed by atoms with E-state index in [4.69, 9.17) is 14.1 Å². The number of hydrogen-bond donors (Lipinski definition) is 4. The molecule has 1 amide bonds. The first-order valence-electron chi connectivity index (χ1n) is 14.7. The van der Waals surface area contributed by atoms with Crippen LogP contribution in [0.5, 0.6) is 5.75 Å².